The summed E-state index contributed by atoms with van der Waals surface area (Å²) in [6.07, 6.45) is 0.890. The van der Waals surface area contributed by atoms with Crippen LogP contribution < -0.4 is 5.32 Å². The minimum atomic E-state index is -0.573. The molecule has 134 valence electrons. The first-order chi connectivity index (χ1) is 12.7. The lowest BCUT2D eigenvalue weighted by molar-refractivity contribution is -0.146. The fourth-order valence-electron chi connectivity index (χ4n) is 3.82. The first kappa shape index (κ1) is 16.8. The van der Waals surface area contributed by atoms with Crippen LogP contribution in [0, 0.1) is 0 Å². The first-order valence-corrected chi connectivity index (χ1v) is 9.05. The third kappa shape index (κ3) is 3.22. The quantitative estimate of drug-likeness (QED) is 0.925. The number of amides is 2. The van der Waals surface area contributed by atoms with Crippen molar-refractivity contribution < 1.29 is 14.3 Å². The number of carbonyl (C=O) groups excluding carboxylic acids is 2. The molecule has 0 spiro atoms. The molecule has 0 aromatic heterocycles. The molecular formula is C21H22N2O3. The molecule has 1 fully saturated rings. The number of nitrogens with zero attached hydrogens (tertiary/aromatic N) is 1. The van der Waals surface area contributed by atoms with Crippen molar-refractivity contribution in [3.8, 4) is 0 Å². The van der Waals surface area contributed by atoms with Crippen LogP contribution in [0.2, 0.25) is 0 Å². The lowest BCUT2D eigenvalue weighted by Crippen LogP contribution is -2.52. The zero-order valence-electron chi connectivity index (χ0n) is 14.6. The minimum Gasteiger partial charge on any atom is -0.373 e. The third-order valence-electron chi connectivity index (χ3n) is 5.10. The van der Waals surface area contributed by atoms with Crippen LogP contribution >= 0.6 is 0 Å². The maximum atomic E-state index is 13.1. The fourth-order valence-corrected chi connectivity index (χ4v) is 3.82. The molecule has 0 saturated carbocycles. The fraction of sp³-hybridized carbons (Fsp3) is 0.333. The minimum absolute atomic E-state index is 0.0459. The highest BCUT2D eigenvalue weighted by atomic mass is 16.5. The Morgan fingerprint density at radius 1 is 1.12 bits per heavy atom. The van der Waals surface area contributed by atoms with Gasteiger partial charge in [-0.1, -0.05) is 54.6 Å². The summed E-state index contributed by atoms with van der Waals surface area (Å²) in [5, 5.41) is 2.87. The zero-order valence-corrected chi connectivity index (χ0v) is 14.6. The van der Waals surface area contributed by atoms with E-state index in [1.54, 1.807) is 4.90 Å². The van der Waals surface area contributed by atoms with E-state index in [0.29, 0.717) is 19.7 Å². The van der Waals surface area contributed by atoms with Gasteiger partial charge in [0.25, 0.3) is 0 Å². The van der Waals surface area contributed by atoms with Crippen molar-refractivity contribution in [2.24, 2.45) is 0 Å². The second kappa shape index (κ2) is 7.30. The van der Waals surface area contributed by atoms with Crippen molar-refractivity contribution in [3.05, 3.63) is 71.3 Å². The molecule has 2 aromatic carbocycles. The Hall–Kier alpha value is -2.66. The van der Waals surface area contributed by atoms with Crippen molar-refractivity contribution in [1.29, 1.82) is 0 Å². The van der Waals surface area contributed by atoms with E-state index in [-0.39, 0.29) is 24.3 Å². The van der Waals surface area contributed by atoms with Crippen molar-refractivity contribution >= 4 is 11.8 Å². The zero-order chi connectivity index (χ0) is 17.9. The van der Waals surface area contributed by atoms with E-state index < -0.39 is 6.04 Å². The van der Waals surface area contributed by atoms with Crippen molar-refractivity contribution in [3.63, 3.8) is 0 Å². The normalized spacial score (nSPS) is 22.5. The number of ether oxygens (including phenoxy) is 1. The van der Waals surface area contributed by atoms with E-state index >= 15 is 0 Å². The summed E-state index contributed by atoms with van der Waals surface area (Å²) in [4.78, 5) is 27.2. The smallest absolute Gasteiger partial charge is 0.247 e. The van der Waals surface area contributed by atoms with Crippen molar-refractivity contribution in [2.75, 3.05) is 19.7 Å². The van der Waals surface area contributed by atoms with Crippen LogP contribution in [0.15, 0.2) is 54.6 Å². The molecule has 2 aliphatic rings. The lowest BCUT2D eigenvalue weighted by atomic mass is 9.94. The van der Waals surface area contributed by atoms with Crippen LogP contribution in [0.25, 0.3) is 0 Å². The molecule has 26 heavy (non-hydrogen) atoms. The van der Waals surface area contributed by atoms with E-state index in [2.05, 4.69) is 11.4 Å². The maximum Gasteiger partial charge on any atom is 0.247 e. The number of benzene rings is 2. The van der Waals surface area contributed by atoms with Gasteiger partial charge in [0.2, 0.25) is 11.8 Å². The summed E-state index contributed by atoms with van der Waals surface area (Å²) in [6, 6.07) is 17.0. The molecule has 1 N–H and O–H groups in total. The molecule has 0 bridgehead atoms. The molecule has 0 aliphatic carbocycles. The number of fused-ring (bicyclic) bond motifs is 1. The second-order valence-corrected chi connectivity index (χ2v) is 6.70. The van der Waals surface area contributed by atoms with Gasteiger partial charge in [-0.05, 0) is 23.1 Å². The molecule has 5 heteroatoms. The molecule has 2 unspecified atom stereocenters. The molecule has 5 nitrogen and oxygen atoms in total. The number of hydrogen-bond acceptors (Lipinski definition) is 3. The van der Waals surface area contributed by atoms with E-state index in [1.807, 2.05) is 48.5 Å². The highest BCUT2D eigenvalue weighted by molar-refractivity contribution is 5.90. The summed E-state index contributed by atoms with van der Waals surface area (Å²) >= 11 is 0. The largest absolute Gasteiger partial charge is 0.373 e. The monoisotopic (exact) mass is 350 g/mol. The number of piperazine rings is 1. The standard InChI is InChI=1S/C21H22N2O3/c24-19(14-18-17-9-5-4-6-15(17)10-13-26-18)23-12-11-22-21(25)20(23)16-7-2-1-3-8-16/h1-9,18,20H,10-14H2,(H,22,25). The Balaban J connectivity index is 1.56. The van der Waals surface area contributed by atoms with Gasteiger partial charge in [-0.15, -0.1) is 0 Å². The predicted octanol–water partition coefficient (Wildman–Crippen LogP) is 2.39. The van der Waals surface area contributed by atoms with Gasteiger partial charge in [0.1, 0.15) is 6.04 Å². The van der Waals surface area contributed by atoms with Crippen LogP contribution in [0.5, 0.6) is 0 Å². The Labute approximate surface area is 153 Å². The molecule has 0 radical (unpaired) electrons. The molecular weight excluding hydrogens is 328 g/mol. The highest BCUT2D eigenvalue weighted by Gasteiger charge is 2.35. The summed E-state index contributed by atoms with van der Waals surface area (Å²) in [6.45, 7) is 1.62. The van der Waals surface area contributed by atoms with Gasteiger partial charge >= 0.3 is 0 Å². The number of carbonyl (C=O) groups is 2. The van der Waals surface area contributed by atoms with E-state index in [0.717, 1.165) is 17.5 Å². The number of rotatable bonds is 3. The van der Waals surface area contributed by atoms with Gasteiger partial charge in [-0.2, -0.15) is 0 Å². The van der Waals surface area contributed by atoms with Gasteiger partial charge in [-0.3, -0.25) is 9.59 Å². The maximum absolute atomic E-state index is 13.1. The van der Waals surface area contributed by atoms with Crippen LogP contribution in [0.4, 0.5) is 0 Å². The second-order valence-electron chi connectivity index (χ2n) is 6.70. The van der Waals surface area contributed by atoms with Crippen LogP contribution in [-0.2, 0) is 20.7 Å². The molecule has 4 rings (SSSR count). The first-order valence-electron chi connectivity index (χ1n) is 9.05. The van der Waals surface area contributed by atoms with Gasteiger partial charge in [0, 0.05) is 13.1 Å². The van der Waals surface area contributed by atoms with Crippen LogP contribution in [0.3, 0.4) is 0 Å². The molecule has 2 atom stereocenters. The number of nitrogens with one attached hydrogen (secondary N) is 1. The summed E-state index contributed by atoms with van der Waals surface area (Å²) in [5.74, 6) is -0.170. The Bertz CT molecular complexity index is 806. The third-order valence-corrected chi connectivity index (χ3v) is 5.10. The van der Waals surface area contributed by atoms with Gasteiger partial charge in [-0.25, -0.2) is 0 Å². The average Bonchev–Trinajstić information content (AvgIpc) is 2.69. The van der Waals surface area contributed by atoms with Gasteiger partial charge < -0.3 is 15.0 Å². The molecule has 2 aromatic rings. The molecule has 2 amide bonds. The SMILES string of the molecule is O=C1NCCN(C(=O)CC2OCCc3ccccc32)C1c1ccccc1. The average molecular weight is 350 g/mol. The van der Waals surface area contributed by atoms with Crippen molar-refractivity contribution in [1.82, 2.24) is 10.2 Å². The lowest BCUT2D eigenvalue weighted by Gasteiger charge is -2.36. The molecule has 2 heterocycles. The summed E-state index contributed by atoms with van der Waals surface area (Å²) in [7, 11) is 0. The van der Waals surface area contributed by atoms with Crippen LogP contribution in [0.1, 0.15) is 35.3 Å². The Kier molecular flexibility index (Phi) is 4.71. The summed E-state index contributed by atoms with van der Waals surface area (Å²) < 4.78 is 5.89. The Morgan fingerprint density at radius 3 is 2.73 bits per heavy atom. The topological polar surface area (TPSA) is 58.6 Å². The highest BCUT2D eigenvalue weighted by Crippen LogP contribution is 2.32. The summed E-state index contributed by atoms with van der Waals surface area (Å²) in [5.41, 5.74) is 3.17. The van der Waals surface area contributed by atoms with Crippen LogP contribution in [-0.4, -0.2) is 36.4 Å². The number of hydrogen-bond donors (Lipinski definition) is 1. The predicted molar refractivity (Wildman–Crippen MR) is 97.4 cm³/mol. The molecule has 2 aliphatic heterocycles. The molecule has 1 saturated heterocycles. The van der Waals surface area contributed by atoms with E-state index in [4.69, 9.17) is 4.74 Å². The van der Waals surface area contributed by atoms with E-state index in [1.165, 1.54) is 5.56 Å². The Morgan fingerprint density at radius 2 is 1.88 bits per heavy atom. The van der Waals surface area contributed by atoms with Gasteiger partial charge in [0.15, 0.2) is 0 Å². The van der Waals surface area contributed by atoms with E-state index in [9.17, 15) is 9.59 Å². The van der Waals surface area contributed by atoms with Crippen molar-refractivity contribution in [2.45, 2.75) is 25.0 Å². The van der Waals surface area contributed by atoms with Gasteiger partial charge in [0.05, 0.1) is 19.1 Å².